The first-order valence-electron chi connectivity index (χ1n) is 13.3. The van der Waals surface area contributed by atoms with Crippen molar-refractivity contribution in [1.82, 2.24) is 0 Å². The van der Waals surface area contributed by atoms with Crippen LogP contribution in [0.3, 0.4) is 0 Å². The van der Waals surface area contributed by atoms with Crippen molar-refractivity contribution in [2.75, 3.05) is 13.2 Å². The molecule has 0 aromatic heterocycles. The van der Waals surface area contributed by atoms with Gasteiger partial charge in [-0.15, -0.1) is 0 Å². The summed E-state index contributed by atoms with van der Waals surface area (Å²) in [7, 11) is 0. The fourth-order valence-electron chi connectivity index (χ4n) is 5.53. The largest absolute Gasteiger partial charge is 0.490 e. The third-order valence-electron chi connectivity index (χ3n) is 7.26. The Hall–Kier alpha value is -4.56. The number of aryl methyl sites for hydroxylation is 2. The molecule has 0 amide bonds. The number of fused-ring (bicyclic) bond motifs is 3. The van der Waals surface area contributed by atoms with Crippen LogP contribution in [0.1, 0.15) is 33.4 Å². The first-order valence-corrected chi connectivity index (χ1v) is 13.3. The van der Waals surface area contributed by atoms with E-state index in [0.29, 0.717) is 13.2 Å². The molecule has 0 unspecified atom stereocenters. The standard InChI is InChI=1S/C37H34O2/c1-5-7-9-23-38-31-17-13-29(14-18-31)37(30-15-19-32(20-16-30)39-24-10-8-6-2)35-25-27(3)11-21-33(35)34-22-12-28(4)26-36(34)37/h5-22,25-26H,1-2,23-24H2,3-4H3. The van der Waals surface area contributed by atoms with E-state index in [-0.39, 0.29) is 0 Å². The summed E-state index contributed by atoms with van der Waals surface area (Å²) in [5, 5.41) is 0. The van der Waals surface area contributed by atoms with Crippen LogP contribution >= 0.6 is 0 Å². The van der Waals surface area contributed by atoms with Gasteiger partial charge in [0.1, 0.15) is 24.7 Å². The molecule has 0 saturated carbocycles. The monoisotopic (exact) mass is 510 g/mol. The molecule has 4 aromatic rings. The van der Waals surface area contributed by atoms with E-state index in [1.807, 2.05) is 24.3 Å². The van der Waals surface area contributed by atoms with Gasteiger partial charge in [0, 0.05) is 0 Å². The minimum absolute atomic E-state index is 0.467. The fraction of sp³-hybridized carbons (Fsp3) is 0.135. The maximum absolute atomic E-state index is 5.95. The van der Waals surface area contributed by atoms with Gasteiger partial charge >= 0.3 is 0 Å². The molecule has 0 atom stereocenters. The third kappa shape index (κ3) is 4.98. The van der Waals surface area contributed by atoms with Gasteiger partial charge in [-0.3, -0.25) is 0 Å². The lowest BCUT2D eigenvalue weighted by Crippen LogP contribution is -2.28. The molecule has 0 aliphatic heterocycles. The van der Waals surface area contributed by atoms with Gasteiger partial charge < -0.3 is 9.47 Å². The summed E-state index contributed by atoms with van der Waals surface area (Å²) in [5.74, 6) is 1.68. The zero-order chi connectivity index (χ0) is 27.2. The molecule has 2 nitrogen and oxygen atoms in total. The molecule has 0 heterocycles. The van der Waals surface area contributed by atoms with Crippen molar-refractivity contribution in [2.45, 2.75) is 19.3 Å². The molecule has 0 radical (unpaired) electrons. The van der Waals surface area contributed by atoms with Gasteiger partial charge in [-0.25, -0.2) is 0 Å². The van der Waals surface area contributed by atoms with E-state index < -0.39 is 5.41 Å². The molecule has 5 rings (SSSR count). The van der Waals surface area contributed by atoms with Crippen molar-refractivity contribution in [3.8, 4) is 22.6 Å². The summed E-state index contributed by atoms with van der Waals surface area (Å²) in [5.41, 5.74) is 9.58. The van der Waals surface area contributed by atoms with E-state index in [1.165, 1.54) is 44.5 Å². The van der Waals surface area contributed by atoms with E-state index in [1.54, 1.807) is 12.2 Å². The van der Waals surface area contributed by atoms with Gasteiger partial charge in [0.25, 0.3) is 0 Å². The predicted octanol–water partition coefficient (Wildman–Crippen LogP) is 8.91. The summed E-state index contributed by atoms with van der Waals surface area (Å²) in [6.07, 6.45) is 11.2. The van der Waals surface area contributed by atoms with Crippen LogP contribution in [0.5, 0.6) is 11.5 Å². The Balaban J connectivity index is 1.66. The highest BCUT2D eigenvalue weighted by atomic mass is 16.5. The number of hydrogen-bond acceptors (Lipinski definition) is 2. The predicted molar refractivity (Wildman–Crippen MR) is 163 cm³/mol. The Morgan fingerprint density at radius 3 is 1.38 bits per heavy atom. The van der Waals surface area contributed by atoms with Crippen molar-refractivity contribution in [3.05, 3.63) is 168 Å². The van der Waals surface area contributed by atoms with Crippen LogP contribution in [0.15, 0.2) is 135 Å². The van der Waals surface area contributed by atoms with Gasteiger partial charge in [-0.1, -0.05) is 109 Å². The summed E-state index contributed by atoms with van der Waals surface area (Å²) in [6.45, 7) is 12.8. The Morgan fingerprint density at radius 1 is 0.590 bits per heavy atom. The van der Waals surface area contributed by atoms with Gasteiger partial charge in [0.15, 0.2) is 0 Å². The number of allylic oxidation sites excluding steroid dienone is 4. The lowest BCUT2D eigenvalue weighted by molar-refractivity contribution is 0.362. The lowest BCUT2D eigenvalue weighted by Gasteiger charge is -2.34. The van der Waals surface area contributed by atoms with Crippen LogP contribution in [0.2, 0.25) is 0 Å². The highest BCUT2D eigenvalue weighted by molar-refractivity contribution is 5.86. The molecule has 2 heteroatoms. The molecule has 39 heavy (non-hydrogen) atoms. The Morgan fingerprint density at radius 2 is 1.00 bits per heavy atom. The van der Waals surface area contributed by atoms with Crippen LogP contribution in [0.4, 0.5) is 0 Å². The maximum atomic E-state index is 5.95. The van der Waals surface area contributed by atoms with Crippen molar-refractivity contribution in [2.24, 2.45) is 0 Å². The second-order valence-corrected chi connectivity index (χ2v) is 9.85. The van der Waals surface area contributed by atoms with Gasteiger partial charge in [0.05, 0.1) is 5.41 Å². The Bertz CT molecular complexity index is 1420. The van der Waals surface area contributed by atoms with Gasteiger partial charge in [0.2, 0.25) is 0 Å². The molecule has 1 aliphatic rings. The van der Waals surface area contributed by atoms with Crippen molar-refractivity contribution < 1.29 is 9.47 Å². The van der Waals surface area contributed by atoms with Crippen LogP contribution < -0.4 is 9.47 Å². The first kappa shape index (κ1) is 26.1. The Labute approximate surface area is 232 Å². The first-order chi connectivity index (χ1) is 19.1. The molecule has 4 aromatic carbocycles. The van der Waals surface area contributed by atoms with Gasteiger partial charge in [-0.05, 0) is 83.6 Å². The van der Waals surface area contributed by atoms with E-state index in [9.17, 15) is 0 Å². The number of rotatable bonds is 10. The van der Waals surface area contributed by atoms with E-state index in [0.717, 1.165) is 11.5 Å². The van der Waals surface area contributed by atoms with Crippen molar-refractivity contribution >= 4 is 0 Å². The van der Waals surface area contributed by atoms with Crippen LogP contribution in [0.25, 0.3) is 11.1 Å². The molecule has 0 saturated heterocycles. The van der Waals surface area contributed by atoms with Gasteiger partial charge in [-0.2, -0.15) is 0 Å². The normalized spacial score (nSPS) is 13.3. The summed E-state index contributed by atoms with van der Waals surface area (Å²) < 4.78 is 11.9. The summed E-state index contributed by atoms with van der Waals surface area (Å²) in [4.78, 5) is 0. The zero-order valence-corrected chi connectivity index (χ0v) is 22.7. The second-order valence-electron chi connectivity index (χ2n) is 9.85. The van der Waals surface area contributed by atoms with Crippen LogP contribution in [-0.2, 0) is 5.41 Å². The number of benzene rings is 4. The minimum atomic E-state index is -0.467. The second kappa shape index (κ2) is 11.4. The fourth-order valence-corrected chi connectivity index (χ4v) is 5.53. The average molecular weight is 511 g/mol. The van der Waals surface area contributed by atoms with Crippen LogP contribution in [-0.4, -0.2) is 13.2 Å². The molecule has 0 spiro atoms. The molecular formula is C37H34O2. The average Bonchev–Trinajstić information content (AvgIpc) is 3.23. The van der Waals surface area contributed by atoms with E-state index in [4.69, 9.17) is 9.47 Å². The van der Waals surface area contributed by atoms with Crippen LogP contribution in [0, 0.1) is 13.8 Å². The van der Waals surface area contributed by atoms with Crippen molar-refractivity contribution in [1.29, 1.82) is 0 Å². The summed E-state index contributed by atoms with van der Waals surface area (Å²) >= 11 is 0. The minimum Gasteiger partial charge on any atom is -0.490 e. The highest BCUT2D eigenvalue weighted by Gasteiger charge is 2.46. The SMILES string of the molecule is C=CC=CCOc1ccc(C2(c3ccc(OCC=CC=C)cc3)c3cc(C)ccc3-c3ccc(C)cc32)cc1. The van der Waals surface area contributed by atoms with E-state index in [2.05, 4.69) is 112 Å². The molecule has 0 N–H and O–H groups in total. The molecule has 0 fully saturated rings. The summed E-state index contributed by atoms with van der Waals surface area (Å²) in [6, 6.07) is 30.8. The Kier molecular flexibility index (Phi) is 7.65. The van der Waals surface area contributed by atoms with Crippen molar-refractivity contribution in [3.63, 3.8) is 0 Å². The molecule has 1 aliphatic carbocycles. The quantitative estimate of drug-likeness (QED) is 0.175. The third-order valence-corrected chi connectivity index (χ3v) is 7.26. The number of hydrogen-bond donors (Lipinski definition) is 0. The maximum Gasteiger partial charge on any atom is 0.119 e. The topological polar surface area (TPSA) is 18.5 Å². The smallest absolute Gasteiger partial charge is 0.119 e. The molecule has 0 bridgehead atoms. The molecule has 194 valence electrons. The zero-order valence-electron chi connectivity index (χ0n) is 22.7. The lowest BCUT2D eigenvalue weighted by atomic mass is 9.67. The number of ether oxygens (including phenoxy) is 2. The van der Waals surface area contributed by atoms with E-state index >= 15 is 0 Å². The highest BCUT2D eigenvalue weighted by Crippen LogP contribution is 2.56. The molecular weight excluding hydrogens is 476 g/mol.